The van der Waals surface area contributed by atoms with Gasteiger partial charge in [-0.3, -0.25) is 19.2 Å². The number of rotatable bonds is 15. The normalized spacial score (nSPS) is 25.2. The maximum atomic E-state index is 14.5. The van der Waals surface area contributed by atoms with Gasteiger partial charge in [0.05, 0.1) is 37.7 Å². The van der Waals surface area contributed by atoms with Gasteiger partial charge in [-0.1, -0.05) is 42.5 Å². The highest BCUT2D eigenvalue weighted by atomic mass is 16.6. The standard InChI is InChI=1S/C37H45N3O8/c1-6-8-14-29(42)38(4)24(3)32(25-12-10-9-11-13-25)47-36(45)30-28-19-20-37(48-28)31(30)34(43)40(22-23-41)33(37)35(44)39(21-7-2)26-15-17-27(46-5)18-16-26/h6-7,9-13,15-18,24,28,30-33,41H,1-2,8,14,19-23H2,3-5H3/t24-,28-,30+,31+,32+,33-,37+/m0/s1. The smallest absolute Gasteiger partial charge is 0.313 e. The van der Waals surface area contributed by atoms with Crippen LogP contribution >= 0.6 is 0 Å². The van der Waals surface area contributed by atoms with E-state index in [0.717, 1.165) is 0 Å². The molecule has 256 valence electrons. The molecular weight excluding hydrogens is 614 g/mol. The van der Waals surface area contributed by atoms with Gasteiger partial charge in [-0.15, -0.1) is 13.2 Å². The maximum absolute atomic E-state index is 14.5. The zero-order valence-corrected chi connectivity index (χ0v) is 27.8. The molecule has 3 heterocycles. The summed E-state index contributed by atoms with van der Waals surface area (Å²) in [6.45, 7) is 9.03. The number of esters is 1. The Labute approximate surface area is 281 Å². The molecule has 0 radical (unpaired) electrons. The lowest BCUT2D eigenvalue weighted by Crippen LogP contribution is -2.56. The molecule has 2 aromatic rings. The highest BCUT2D eigenvalue weighted by Gasteiger charge is 2.75. The fourth-order valence-electron chi connectivity index (χ4n) is 7.53. The molecule has 3 aliphatic heterocycles. The number of allylic oxidation sites excluding steroid dienone is 1. The van der Waals surface area contributed by atoms with Gasteiger partial charge in [-0.05, 0) is 56.0 Å². The van der Waals surface area contributed by atoms with Crippen LogP contribution in [0.2, 0.25) is 0 Å². The highest BCUT2D eigenvalue weighted by molar-refractivity contribution is 6.04. The molecule has 2 aromatic carbocycles. The number of amides is 3. The van der Waals surface area contributed by atoms with Gasteiger partial charge in [-0.25, -0.2) is 0 Å². The van der Waals surface area contributed by atoms with Crippen LogP contribution in [-0.2, 0) is 28.7 Å². The monoisotopic (exact) mass is 659 g/mol. The van der Waals surface area contributed by atoms with Crippen molar-refractivity contribution in [2.75, 3.05) is 38.8 Å². The Morgan fingerprint density at radius 2 is 1.83 bits per heavy atom. The van der Waals surface area contributed by atoms with Crippen LogP contribution in [0.3, 0.4) is 0 Å². The van der Waals surface area contributed by atoms with E-state index in [2.05, 4.69) is 13.2 Å². The van der Waals surface area contributed by atoms with E-state index in [-0.39, 0.29) is 32.0 Å². The average Bonchev–Trinajstić information content (AvgIpc) is 3.75. The molecule has 0 aliphatic carbocycles. The number of methoxy groups -OCH3 is 1. The molecule has 3 saturated heterocycles. The third-order valence-electron chi connectivity index (χ3n) is 9.98. The number of aliphatic hydroxyl groups excluding tert-OH is 1. The summed E-state index contributed by atoms with van der Waals surface area (Å²) in [5.74, 6) is -2.90. The van der Waals surface area contributed by atoms with E-state index in [1.54, 1.807) is 55.5 Å². The predicted molar refractivity (Wildman–Crippen MR) is 179 cm³/mol. The van der Waals surface area contributed by atoms with E-state index < -0.39 is 59.5 Å². The van der Waals surface area contributed by atoms with Gasteiger partial charge >= 0.3 is 5.97 Å². The number of carbonyl (C=O) groups excluding carboxylic acids is 4. The maximum Gasteiger partial charge on any atom is 0.313 e. The fraction of sp³-hybridized carbons (Fsp3) is 0.459. The van der Waals surface area contributed by atoms with E-state index in [1.165, 1.54) is 9.80 Å². The first-order valence-electron chi connectivity index (χ1n) is 16.4. The van der Waals surface area contributed by atoms with Crippen LogP contribution in [0.25, 0.3) is 0 Å². The number of likely N-dealkylation sites (tertiary alicyclic amines) is 1. The summed E-state index contributed by atoms with van der Waals surface area (Å²) in [6, 6.07) is 14.6. The van der Waals surface area contributed by atoms with Crippen LogP contribution in [-0.4, -0.2) is 96.2 Å². The molecule has 11 nitrogen and oxygen atoms in total. The van der Waals surface area contributed by atoms with Crippen molar-refractivity contribution in [1.29, 1.82) is 0 Å². The zero-order chi connectivity index (χ0) is 34.6. The molecule has 3 fully saturated rings. The molecule has 48 heavy (non-hydrogen) atoms. The Hall–Kier alpha value is -4.48. The first-order valence-corrected chi connectivity index (χ1v) is 16.4. The second-order valence-corrected chi connectivity index (χ2v) is 12.6. The Kier molecular flexibility index (Phi) is 10.7. The molecule has 1 spiro atoms. The molecule has 0 aromatic heterocycles. The lowest BCUT2D eigenvalue weighted by molar-refractivity contribution is -0.164. The third kappa shape index (κ3) is 6.24. The molecule has 11 heteroatoms. The number of carbonyl (C=O) groups is 4. The lowest BCUT2D eigenvalue weighted by Gasteiger charge is -2.36. The number of fused-ring (bicyclic) bond motifs is 1. The molecular formula is C37H45N3O8. The minimum absolute atomic E-state index is 0.102. The van der Waals surface area contributed by atoms with Gasteiger partial charge in [0.15, 0.2) is 0 Å². The number of ether oxygens (including phenoxy) is 3. The summed E-state index contributed by atoms with van der Waals surface area (Å²) >= 11 is 0. The van der Waals surface area contributed by atoms with Crippen LogP contribution in [0.15, 0.2) is 79.9 Å². The fourth-order valence-corrected chi connectivity index (χ4v) is 7.53. The highest BCUT2D eigenvalue weighted by Crippen LogP contribution is 2.59. The molecule has 0 unspecified atom stereocenters. The number of hydrogen-bond acceptors (Lipinski definition) is 8. The summed E-state index contributed by atoms with van der Waals surface area (Å²) in [5.41, 5.74) is -0.00537. The number of nitrogens with zero attached hydrogens (tertiary/aromatic N) is 3. The number of hydrogen-bond donors (Lipinski definition) is 1. The van der Waals surface area contributed by atoms with Crippen molar-refractivity contribution in [2.24, 2.45) is 11.8 Å². The van der Waals surface area contributed by atoms with Crippen molar-refractivity contribution in [2.45, 2.75) is 62.5 Å². The van der Waals surface area contributed by atoms with Crippen molar-refractivity contribution in [1.82, 2.24) is 9.80 Å². The van der Waals surface area contributed by atoms with Crippen molar-refractivity contribution >= 4 is 29.4 Å². The van der Waals surface area contributed by atoms with Gasteiger partial charge in [-0.2, -0.15) is 0 Å². The van der Waals surface area contributed by atoms with E-state index in [1.807, 2.05) is 37.3 Å². The van der Waals surface area contributed by atoms with Crippen LogP contribution < -0.4 is 9.64 Å². The Balaban J connectivity index is 1.46. The average molecular weight is 660 g/mol. The Morgan fingerprint density at radius 1 is 1.12 bits per heavy atom. The summed E-state index contributed by atoms with van der Waals surface area (Å²) in [4.78, 5) is 60.4. The number of aliphatic hydroxyl groups is 1. The summed E-state index contributed by atoms with van der Waals surface area (Å²) in [6.07, 6.45) is 3.45. The predicted octanol–water partition coefficient (Wildman–Crippen LogP) is 3.68. The van der Waals surface area contributed by atoms with Gasteiger partial charge < -0.3 is 34.0 Å². The van der Waals surface area contributed by atoms with Crippen molar-refractivity contribution < 1.29 is 38.5 Å². The number of β-amino-alcohol motifs (C(OH)–C–C–N with tert-alkyl or cyclic N) is 1. The molecule has 3 amide bonds. The largest absolute Gasteiger partial charge is 0.497 e. The van der Waals surface area contributed by atoms with Gasteiger partial charge in [0.25, 0.3) is 5.91 Å². The molecule has 2 bridgehead atoms. The Bertz CT molecular complexity index is 1510. The third-order valence-corrected chi connectivity index (χ3v) is 9.98. The quantitative estimate of drug-likeness (QED) is 0.227. The molecule has 7 atom stereocenters. The second kappa shape index (κ2) is 14.7. The molecule has 3 aliphatic rings. The van der Waals surface area contributed by atoms with Crippen LogP contribution in [0.5, 0.6) is 5.75 Å². The van der Waals surface area contributed by atoms with E-state index >= 15 is 0 Å². The van der Waals surface area contributed by atoms with Gasteiger partial charge in [0.2, 0.25) is 11.8 Å². The minimum atomic E-state index is -1.28. The lowest BCUT2D eigenvalue weighted by atomic mass is 9.70. The SMILES string of the molecule is C=CCCC(=O)N(C)[C@@H](C)[C@@H](OC(=O)[C@@H]1[C@@H]2CC[C@]3(O2)[C@H](C(=O)N(CC=C)c2ccc(OC)cc2)N(CCO)C(=O)[C@@H]13)c1ccccc1. The van der Waals surface area contributed by atoms with Crippen LogP contribution in [0, 0.1) is 11.8 Å². The molecule has 1 N–H and O–H groups in total. The van der Waals surface area contributed by atoms with Gasteiger partial charge in [0.1, 0.15) is 23.5 Å². The van der Waals surface area contributed by atoms with Gasteiger partial charge in [0, 0.05) is 32.2 Å². The zero-order valence-electron chi connectivity index (χ0n) is 27.8. The second-order valence-electron chi connectivity index (χ2n) is 12.6. The molecule has 5 rings (SSSR count). The van der Waals surface area contributed by atoms with Crippen LogP contribution in [0.4, 0.5) is 5.69 Å². The Morgan fingerprint density at radius 3 is 2.46 bits per heavy atom. The van der Waals surface area contributed by atoms with Crippen LogP contribution in [0.1, 0.15) is 44.3 Å². The summed E-state index contributed by atoms with van der Waals surface area (Å²) in [7, 11) is 3.23. The first kappa shape index (κ1) is 34.8. The number of likely N-dealkylation sites (N-methyl/N-ethyl adjacent to an activating group) is 1. The van der Waals surface area contributed by atoms with E-state index in [0.29, 0.717) is 36.3 Å². The summed E-state index contributed by atoms with van der Waals surface area (Å²) in [5, 5.41) is 10.0. The van der Waals surface area contributed by atoms with E-state index in [9.17, 15) is 24.3 Å². The first-order chi connectivity index (χ1) is 23.1. The summed E-state index contributed by atoms with van der Waals surface area (Å²) < 4.78 is 18.1. The minimum Gasteiger partial charge on any atom is -0.497 e. The van der Waals surface area contributed by atoms with E-state index in [4.69, 9.17) is 14.2 Å². The number of benzene rings is 2. The van der Waals surface area contributed by atoms with Crippen molar-refractivity contribution in [3.05, 3.63) is 85.5 Å². The van der Waals surface area contributed by atoms with Crippen molar-refractivity contribution in [3.63, 3.8) is 0 Å². The molecule has 0 saturated carbocycles. The number of anilines is 1. The van der Waals surface area contributed by atoms with Crippen molar-refractivity contribution in [3.8, 4) is 5.75 Å². The topological polar surface area (TPSA) is 126 Å².